The van der Waals surface area contributed by atoms with Gasteiger partial charge in [0.15, 0.2) is 0 Å². The first-order valence-corrected chi connectivity index (χ1v) is 6.43. The van der Waals surface area contributed by atoms with Crippen molar-refractivity contribution in [3.8, 4) is 0 Å². The molecular formula is C14H22N2. The lowest BCUT2D eigenvalue weighted by atomic mass is 10.1. The van der Waals surface area contributed by atoms with Gasteiger partial charge < -0.3 is 10.6 Å². The summed E-state index contributed by atoms with van der Waals surface area (Å²) in [6.07, 6.45) is 5.13. The van der Waals surface area contributed by atoms with E-state index in [0.717, 1.165) is 25.6 Å². The maximum absolute atomic E-state index is 3.53. The molecule has 1 saturated heterocycles. The molecule has 1 heterocycles. The molecule has 0 aliphatic carbocycles. The van der Waals surface area contributed by atoms with E-state index in [1.54, 1.807) is 0 Å². The fraction of sp³-hybridized carbons (Fsp3) is 0.571. The Hall–Kier alpha value is -0.860. The molecule has 16 heavy (non-hydrogen) atoms. The molecule has 1 aromatic carbocycles. The normalized spacial score (nSPS) is 20.1. The van der Waals surface area contributed by atoms with Gasteiger partial charge in [0.25, 0.3) is 0 Å². The largest absolute Gasteiger partial charge is 0.316 e. The molecule has 0 amide bonds. The summed E-state index contributed by atoms with van der Waals surface area (Å²) in [7, 11) is 0. The molecule has 0 bridgehead atoms. The maximum Gasteiger partial charge on any atom is 0.00796 e. The van der Waals surface area contributed by atoms with Crippen LogP contribution in [0.5, 0.6) is 0 Å². The zero-order chi connectivity index (χ0) is 11.1. The van der Waals surface area contributed by atoms with Crippen LogP contribution in [0.1, 0.15) is 24.8 Å². The third kappa shape index (κ3) is 3.95. The van der Waals surface area contributed by atoms with Crippen molar-refractivity contribution in [2.45, 2.75) is 31.7 Å². The van der Waals surface area contributed by atoms with Crippen molar-refractivity contribution in [2.75, 3.05) is 19.6 Å². The van der Waals surface area contributed by atoms with Gasteiger partial charge >= 0.3 is 0 Å². The SMILES string of the molecule is c1ccc(CCNCCC2CCCN2)cc1. The van der Waals surface area contributed by atoms with Crippen molar-refractivity contribution < 1.29 is 0 Å². The summed E-state index contributed by atoms with van der Waals surface area (Å²) < 4.78 is 0. The van der Waals surface area contributed by atoms with Crippen molar-refractivity contribution in [1.29, 1.82) is 0 Å². The van der Waals surface area contributed by atoms with E-state index in [-0.39, 0.29) is 0 Å². The average molecular weight is 218 g/mol. The van der Waals surface area contributed by atoms with E-state index in [4.69, 9.17) is 0 Å². The van der Waals surface area contributed by atoms with E-state index in [2.05, 4.69) is 41.0 Å². The van der Waals surface area contributed by atoms with Crippen LogP contribution in [-0.2, 0) is 6.42 Å². The standard InChI is InChI=1S/C14H22N2/c1-2-5-13(6-3-1)8-11-15-12-9-14-7-4-10-16-14/h1-3,5-6,14-16H,4,7-12H2. The van der Waals surface area contributed by atoms with Crippen molar-refractivity contribution in [3.63, 3.8) is 0 Å². The number of hydrogen-bond acceptors (Lipinski definition) is 2. The molecule has 0 saturated carbocycles. The van der Waals surface area contributed by atoms with E-state index < -0.39 is 0 Å². The third-order valence-corrected chi connectivity index (χ3v) is 3.27. The predicted molar refractivity (Wildman–Crippen MR) is 68.7 cm³/mol. The minimum atomic E-state index is 0.768. The van der Waals surface area contributed by atoms with Gasteiger partial charge in [0.1, 0.15) is 0 Å². The highest BCUT2D eigenvalue weighted by Gasteiger charge is 2.12. The van der Waals surface area contributed by atoms with E-state index in [9.17, 15) is 0 Å². The lowest BCUT2D eigenvalue weighted by molar-refractivity contribution is 0.525. The number of hydrogen-bond donors (Lipinski definition) is 2. The second kappa shape index (κ2) is 6.66. The second-order valence-electron chi connectivity index (χ2n) is 4.57. The van der Waals surface area contributed by atoms with Crippen molar-refractivity contribution in [1.82, 2.24) is 10.6 Å². The summed E-state index contributed by atoms with van der Waals surface area (Å²) in [4.78, 5) is 0. The van der Waals surface area contributed by atoms with Crippen LogP contribution in [0.3, 0.4) is 0 Å². The first kappa shape index (κ1) is 11.6. The molecule has 1 atom stereocenters. The van der Waals surface area contributed by atoms with Gasteiger partial charge in [0.05, 0.1) is 0 Å². The summed E-state index contributed by atoms with van der Waals surface area (Å²) in [6.45, 7) is 3.45. The van der Waals surface area contributed by atoms with Gasteiger partial charge in [0.2, 0.25) is 0 Å². The van der Waals surface area contributed by atoms with Gasteiger partial charge in [0, 0.05) is 6.04 Å². The summed E-state index contributed by atoms with van der Waals surface area (Å²) in [5.41, 5.74) is 1.42. The zero-order valence-electron chi connectivity index (χ0n) is 9.91. The Labute approximate surface area is 98.4 Å². The Bertz CT molecular complexity index is 278. The lowest BCUT2D eigenvalue weighted by Crippen LogP contribution is -2.28. The molecule has 88 valence electrons. The monoisotopic (exact) mass is 218 g/mol. The summed E-state index contributed by atoms with van der Waals surface area (Å²) in [5, 5.41) is 7.05. The molecule has 1 aliphatic heterocycles. The summed E-state index contributed by atoms with van der Waals surface area (Å²) in [5.74, 6) is 0. The maximum atomic E-state index is 3.53. The van der Waals surface area contributed by atoms with Crippen LogP contribution in [-0.4, -0.2) is 25.7 Å². The first-order chi connectivity index (χ1) is 7.95. The summed E-state index contributed by atoms with van der Waals surface area (Å²) in [6, 6.07) is 11.4. The van der Waals surface area contributed by atoms with Crippen molar-refractivity contribution in [3.05, 3.63) is 35.9 Å². The van der Waals surface area contributed by atoms with Crippen LogP contribution >= 0.6 is 0 Å². The molecule has 0 spiro atoms. The van der Waals surface area contributed by atoms with E-state index >= 15 is 0 Å². The molecule has 2 rings (SSSR count). The highest BCUT2D eigenvalue weighted by molar-refractivity contribution is 5.14. The highest BCUT2D eigenvalue weighted by Crippen LogP contribution is 2.07. The van der Waals surface area contributed by atoms with Gasteiger partial charge in [-0.3, -0.25) is 0 Å². The van der Waals surface area contributed by atoms with Crippen molar-refractivity contribution in [2.24, 2.45) is 0 Å². The fourth-order valence-corrected chi connectivity index (χ4v) is 2.28. The lowest BCUT2D eigenvalue weighted by Gasteiger charge is -2.10. The first-order valence-electron chi connectivity index (χ1n) is 6.43. The molecule has 0 radical (unpaired) electrons. The minimum absolute atomic E-state index is 0.768. The molecule has 1 aromatic rings. The quantitative estimate of drug-likeness (QED) is 0.713. The number of rotatable bonds is 6. The van der Waals surface area contributed by atoms with Crippen LogP contribution in [0, 0.1) is 0 Å². The van der Waals surface area contributed by atoms with Gasteiger partial charge in [-0.25, -0.2) is 0 Å². The Morgan fingerprint density at radius 1 is 1.19 bits per heavy atom. The molecule has 1 fully saturated rings. The second-order valence-corrected chi connectivity index (χ2v) is 4.57. The smallest absolute Gasteiger partial charge is 0.00796 e. The zero-order valence-corrected chi connectivity index (χ0v) is 9.91. The molecule has 2 nitrogen and oxygen atoms in total. The van der Waals surface area contributed by atoms with Gasteiger partial charge in [-0.15, -0.1) is 0 Å². The third-order valence-electron chi connectivity index (χ3n) is 3.27. The van der Waals surface area contributed by atoms with Crippen LogP contribution < -0.4 is 10.6 Å². The van der Waals surface area contributed by atoms with Crippen LogP contribution in [0.2, 0.25) is 0 Å². The Balaban J connectivity index is 1.52. The van der Waals surface area contributed by atoms with Crippen molar-refractivity contribution >= 4 is 0 Å². The Morgan fingerprint density at radius 3 is 2.81 bits per heavy atom. The topological polar surface area (TPSA) is 24.1 Å². The Morgan fingerprint density at radius 2 is 2.06 bits per heavy atom. The van der Waals surface area contributed by atoms with E-state index in [1.807, 2.05) is 0 Å². The number of nitrogens with one attached hydrogen (secondary N) is 2. The highest BCUT2D eigenvalue weighted by atomic mass is 14.9. The fourth-order valence-electron chi connectivity index (χ4n) is 2.28. The summed E-state index contributed by atoms with van der Waals surface area (Å²) >= 11 is 0. The molecule has 1 aliphatic rings. The van der Waals surface area contributed by atoms with Crippen LogP contribution in [0.4, 0.5) is 0 Å². The van der Waals surface area contributed by atoms with Crippen LogP contribution in [0.25, 0.3) is 0 Å². The Kier molecular flexibility index (Phi) is 4.84. The van der Waals surface area contributed by atoms with E-state index in [0.29, 0.717) is 0 Å². The molecule has 2 heteroatoms. The number of benzene rings is 1. The molecule has 1 unspecified atom stereocenters. The average Bonchev–Trinajstić information content (AvgIpc) is 2.83. The van der Waals surface area contributed by atoms with Gasteiger partial charge in [-0.2, -0.15) is 0 Å². The van der Waals surface area contributed by atoms with Gasteiger partial charge in [-0.05, 0) is 50.9 Å². The predicted octanol–water partition coefficient (Wildman–Crippen LogP) is 1.96. The molecule has 2 N–H and O–H groups in total. The van der Waals surface area contributed by atoms with E-state index in [1.165, 1.54) is 31.4 Å². The van der Waals surface area contributed by atoms with Gasteiger partial charge in [-0.1, -0.05) is 30.3 Å². The minimum Gasteiger partial charge on any atom is -0.316 e. The van der Waals surface area contributed by atoms with Crippen LogP contribution in [0.15, 0.2) is 30.3 Å². The molecule has 0 aromatic heterocycles. The molecular weight excluding hydrogens is 196 g/mol.